The molecule has 1 aromatic heterocycles. The lowest BCUT2D eigenvalue weighted by atomic mass is 9.74. The third-order valence-electron chi connectivity index (χ3n) is 7.25. The Morgan fingerprint density at radius 1 is 1.03 bits per heavy atom. The summed E-state index contributed by atoms with van der Waals surface area (Å²) in [6.07, 6.45) is 1.62. The summed E-state index contributed by atoms with van der Waals surface area (Å²) in [7, 11) is 2.90. The van der Waals surface area contributed by atoms with Gasteiger partial charge in [-0.05, 0) is 61.9 Å². The van der Waals surface area contributed by atoms with Crippen molar-refractivity contribution in [1.82, 2.24) is 5.32 Å². The van der Waals surface area contributed by atoms with Crippen LogP contribution in [0.5, 0.6) is 11.5 Å². The maximum absolute atomic E-state index is 12.7. The molecule has 0 saturated heterocycles. The molecule has 1 amide bonds. The predicted octanol–water partition coefficient (Wildman–Crippen LogP) is 5.33. The fraction of sp³-hybridized carbons (Fsp3) is 0.571. The normalized spacial score (nSPS) is 14.5. The van der Waals surface area contributed by atoms with Crippen molar-refractivity contribution in [3.8, 4) is 11.5 Å². The van der Waals surface area contributed by atoms with E-state index in [9.17, 15) is 14.7 Å². The first-order valence-electron chi connectivity index (χ1n) is 12.3. The zero-order valence-corrected chi connectivity index (χ0v) is 23.8. The Kier molecular flexibility index (Phi) is 9.59. The second-order valence-electron chi connectivity index (χ2n) is 10.3. The fourth-order valence-electron chi connectivity index (χ4n) is 3.89. The van der Waals surface area contributed by atoms with Gasteiger partial charge < -0.3 is 24.6 Å². The van der Waals surface area contributed by atoms with Crippen LogP contribution in [-0.4, -0.2) is 49.5 Å². The van der Waals surface area contributed by atoms with E-state index in [1.165, 1.54) is 18.4 Å². The maximum atomic E-state index is 12.7. The molecule has 200 valence electrons. The van der Waals surface area contributed by atoms with E-state index in [1.807, 2.05) is 45.0 Å². The van der Waals surface area contributed by atoms with Gasteiger partial charge in [-0.1, -0.05) is 40.7 Å². The highest BCUT2D eigenvalue weighted by molar-refractivity contribution is 7.14. The molecule has 0 aliphatic rings. The standard InChI is InChI=1S/C28H41NO6S/c1-10-28(11-2,23-15-14-22(36-23)24(30)29-18(3)25(31)34-9)19-12-13-20(21(16-19)33-8)35-17-27(7,32)26(4,5)6/h12-16,18,32H,10-11,17H2,1-9H3,(H,29,30). The SMILES string of the molecule is CCC(CC)(c1ccc(OCC(C)(O)C(C)(C)C)c(OC)c1)c1ccc(C(=O)NC(C)C(=O)OC)s1. The van der Waals surface area contributed by atoms with E-state index in [0.717, 1.165) is 23.3 Å². The lowest BCUT2D eigenvalue weighted by Gasteiger charge is -2.37. The van der Waals surface area contributed by atoms with Gasteiger partial charge in [-0.25, -0.2) is 4.79 Å². The number of carbonyl (C=O) groups is 2. The van der Waals surface area contributed by atoms with Crippen LogP contribution in [0.2, 0.25) is 0 Å². The molecule has 0 aliphatic carbocycles. The molecule has 1 aromatic carbocycles. The van der Waals surface area contributed by atoms with Crippen LogP contribution in [0.3, 0.4) is 0 Å². The summed E-state index contributed by atoms with van der Waals surface area (Å²) >= 11 is 1.42. The van der Waals surface area contributed by atoms with Gasteiger partial charge in [0, 0.05) is 10.3 Å². The summed E-state index contributed by atoms with van der Waals surface area (Å²) in [5.41, 5.74) is -0.652. The number of carbonyl (C=O) groups excluding carboxylic acids is 2. The average molecular weight is 520 g/mol. The summed E-state index contributed by atoms with van der Waals surface area (Å²) in [5, 5.41) is 13.5. The molecule has 2 atom stereocenters. The Hall–Kier alpha value is -2.58. The highest BCUT2D eigenvalue weighted by Crippen LogP contribution is 2.45. The van der Waals surface area contributed by atoms with Crippen molar-refractivity contribution in [3.63, 3.8) is 0 Å². The first kappa shape index (κ1) is 29.6. The van der Waals surface area contributed by atoms with E-state index in [2.05, 4.69) is 19.2 Å². The predicted molar refractivity (Wildman–Crippen MR) is 143 cm³/mol. The number of amides is 1. The third-order valence-corrected chi connectivity index (χ3v) is 8.54. The third kappa shape index (κ3) is 6.21. The van der Waals surface area contributed by atoms with Crippen molar-refractivity contribution in [2.24, 2.45) is 5.41 Å². The van der Waals surface area contributed by atoms with Crippen molar-refractivity contribution in [1.29, 1.82) is 0 Å². The number of nitrogens with one attached hydrogen (secondary N) is 1. The lowest BCUT2D eigenvalue weighted by Crippen LogP contribution is -2.45. The number of thiophene rings is 1. The van der Waals surface area contributed by atoms with Gasteiger partial charge in [-0.2, -0.15) is 0 Å². The minimum atomic E-state index is -1.02. The van der Waals surface area contributed by atoms with Crippen LogP contribution in [0.1, 0.15) is 81.4 Å². The molecule has 0 bridgehead atoms. The zero-order valence-electron chi connectivity index (χ0n) is 23.0. The second-order valence-corrected chi connectivity index (χ2v) is 11.4. The van der Waals surface area contributed by atoms with Gasteiger partial charge in [0.1, 0.15) is 18.2 Å². The quantitative estimate of drug-likeness (QED) is 0.390. The van der Waals surface area contributed by atoms with E-state index < -0.39 is 17.6 Å². The first-order valence-corrected chi connectivity index (χ1v) is 13.1. The van der Waals surface area contributed by atoms with Crippen LogP contribution in [0.15, 0.2) is 30.3 Å². The Labute approximate surface area is 219 Å². The summed E-state index contributed by atoms with van der Waals surface area (Å²) in [6.45, 7) is 13.7. The van der Waals surface area contributed by atoms with Crippen molar-refractivity contribution in [2.45, 2.75) is 78.4 Å². The van der Waals surface area contributed by atoms with E-state index in [0.29, 0.717) is 16.4 Å². The minimum Gasteiger partial charge on any atom is -0.493 e. The number of esters is 1. The maximum Gasteiger partial charge on any atom is 0.328 e. The van der Waals surface area contributed by atoms with Crippen molar-refractivity contribution < 1.29 is 28.9 Å². The molecule has 1 heterocycles. The van der Waals surface area contributed by atoms with Gasteiger partial charge in [0.15, 0.2) is 11.5 Å². The number of aliphatic hydroxyl groups is 1. The molecular weight excluding hydrogens is 478 g/mol. The fourth-order valence-corrected chi connectivity index (χ4v) is 5.15. The Morgan fingerprint density at radius 3 is 2.19 bits per heavy atom. The molecule has 36 heavy (non-hydrogen) atoms. The summed E-state index contributed by atoms with van der Waals surface area (Å²) in [4.78, 5) is 26.0. The molecule has 0 radical (unpaired) electrons. The molecule has 2 unspecified atom stereocenters. The minimum absolute atomic E-state index is 0.131. The molecule has 0 fully saturated rings. The van der Waals surface area contributed by atoms with Crippen LogP contribution in [0, 0.1) is 5.41 Å². The van der Waals surface area contributed by atoms with Crippen LogP contribution >= 0.6 is 11.3 Å². The molecule has 2 aromatic rings. The monoisotopic (exact) mass is 519 g/mol. The molecule has 0 aliphatic heterocycles. The van der Waals surface area contributed by atoms with Gasteiger partial charge >= 0.3 is 5.97 Å². The number of hydrogen-bond acceptors (Lipinski definition) is 7. The highest BCUT2D eigenvalue weighted by Gasteiger charge is 2.37. The zero-order chi connectivity index (χ0) is 27.3. The Balaban J connectivity index is 2.37. The van der Waals surface area contributed by atoms with Crippen molar-refractivity contribution >= 4 is 23.2 Å². The Bertz CT molecular complexity index is 1050. The summed E-state index contributed by atoms with van der Waals surface area (Å²) in [5.74, 6) is 0.354. The average Bonchev–Trinajstić information content (AvgIpc) is 3.33. The first-order chi connectivity index (χ1) is 16.8. The molecule has 0 spiro atoms. The van der Waals surface area contributed by atoms with E-state index >= 15 is 0 Å². The second kappa shape index (κ2) is 11.6. The van der Waals surface area contributed by atoms with Crippen LogP contribution in [0.4, 0.5) is 0 Å². The molecule has 7 nitrogen and oxygen atoms in total. The smallest absolute Gasteiger partial charge is 0.328 e. The molecule has 0 saturated carbocycles. The summed E-state index contributed by atoms with van der Waals surface area (Å²) in [6, 6.07) is 8.93. The van der Waals surface area contributed by atoms with Gasteiger partial charge in [-0.3, -0.25) is 4.79 Å². The summed E-state index contributed by atoms with van der Waals surface area (Å²) < 4.78 is 16.4. The van der Waals surface area contributed by atoms with Crippen molar-refractivity contribution in [3.05, 3.63) is 45.6 Å². The number of benzene rings is 1. The van der Waals surface area contributed by atoms with E-state index in [-0.39, 0.29) is 23.3 Å². The number of ether oxygens (including phenoxy) is 3. The van der Waals surface area contributed by atoms with Gasteiger partial charge in [-0.15, -0.1) is 11.3 Å². The van der Waals surface area contributed by atoms with Crippen LogP contribution < -0.4 is 14.8 Å². The number of hydrogen-bond donors (Lipinski definition) is 2. The number of methoxy groups -OCH3 is 2. The van der Waals surface area contributed by atoms with E-state index in [1.54, 1.807) is 27.0 Å². The highest BCUT2D eigenvalue weighted by atomic mass is 32.1. The van der Waals surface area contributed by atoms with Crippen LogP contribution in [-0.2, 0) is 14.9 Å². The molecule has 2 rings (SSSR count). The molecule has 2 N–H and O–H groups in total. The van der Waals surface area contributed by atoms with E-state index in [4.69, 9.17) is 14.2 Å². The van der Waals surface area contributed by atoms with Crippen LogP contribution in [0.25, 0.3) is 0 Å². The van der Waals surface area contributed by atoms with Gasteiger partial charge in [0.25, 0.3) is 5.91 Å². The number of rotatable bonds is 11. The van der Waals surface area contributed by atoms with Crippen molar-refractivity contribution in [2.75, 3.05) is 20.8 Å². The molecule has 8 heteroatoms. The molecular formula is C28H41NO6S. The van der Waals surface area contributed by atoms with Gasteiger partial charge in [0.2, 0.25) is 0 Å². The topological polar surface area (TPSA) is 94.1 Å². The van der Waals surface area contributed by atoms with Gasteiger partial charge in [0.05, 0.1) is 19.1 Å². The Morgan fingerprint density at radius 2 is 1.67 bits per heavy atom. The largest absolute Gasteiger partial charge is 0.493 e. The lowest BCUT2D eigenvalue weighted by molar-refractivity contribution is -0.142.